The van der Waals surface area contributed by atoms with Crippen molar-refractivity contribution in [2.24, 2.45) is 0 Å². The van der Waals surface area contributed by atoms with Crippen LogP contribution in [0.4, 0.5) is 0 Å². The van der Waals surface area contributed by atoms with Crippen molar-refractivity contribution >= 4 is 37.5 Å². The first-order valence-corrected chi connectivity index (χ1v) is 7.10. The molecule has 1 aromatic heterocycles. The number of rotatable bonds is 1. The number of aryl methyl sites for hydroxylation is 1. The Kier molecular flexibility index (Phi) is 2.84. The molecule has 1 heterocycles. The van der Waals surface area contributed by atoms with Crippen molar-refractivity contribution in [3.8, 4) is 16.3 Å². The van der Waals surface area contributed by atoms with Crippen molar-refractivity contribution in [1.29, 1.82) is 0 Å². The lowest BCUT2D eigenvalue weighted by atomic mass is 10.2. The van der Waals surface area contributed by atoms with Crippen LogP contribution in [0.2, 0.25) is 0 Å². The standard InChI is InChI=1S/C14H10BrNOS/c1-8-2-4-11-13(6-8)18-14(16-11)10-7-9(15)3-5-12(10)17/h2-7,17H,1H3. The summed E-state index contributed by atoms with van der Waals surface area (Å²) in [5.41, 5.74) is 2.96. The molecule has 0 amide bonds. The summed E-state index contributed by atoms with van der Waals surface area (Å²) in [5, 5.41) is 10.8. The number of benzene rings is 2. The molecule has 18 heavy (non-hydrogen) atoms. The van der Waals surface area contributed by atoms with Gasteiger partial charge in [-0.3, -0.25) is 0 Å². The summed E-state index contributed by atoms with van der Waals surface area (Å²) in [6.07, 6.45) is 0. The number of phenols is 1. The first kappa shape index (κ1) is 11.7. The first-order valence-electron chi connectivity index (χ1n) is 5.49. The molecule has 0 aliphatic heterocycles. The predicted molar refractivity (Wildman–Crippen MR) is 79.2 cm³/mol. The smallest absolute Gasteiger partial charge is 0.128 e. The number of fused-ring (bicyclic) bond motifs is 1. The molecule has 90 valence electrons. The molecule has 2 aromatic carbocycles. The van der Waals surface area contributed by atoms with Gasteiger partial charge >= 0.3 is 0 Å². The maximum atomic E-state index is 9.91. The Labute approximate surface area is 117 Å². The van der Waals surface area contributed by atoms with Gasteiger partial charge in [0.25, 0.3) is 0 Å². The van der Waals surface area contributed by atoms with Crippen LogP contribution in [0.1, 0.15) is 5.56 Å². The van der Waals surface area contributed by atoms with E-state index in [-0.39, 0.29) is 5.75 Å². The molecule has 1 N–H and O–H groups in total. The number of aromatic nitrogens is 1. The van der Waals surface area contributed by atoms with Gasteiger partial charge in [0.05, 0.1) is 15.8 Å². The highest BCUT2D eigenvalue weighted by molar-refractivity contribution is 9.10. The Morgan fingerprint density at radius 2 is 2.00 bits per heavy atom. The molecule has 0 aliphatic carbocycles. The Morgan fingerprint density at radius 3 is 2.83 bits per heavy atom. The molecule has 3 aromatic rings. The summed E-state index contributed by atoms with van der Waals surface area (Å²) in [5.74, 6) is 0.258. The van der Waals surface area contributed by atoms with Crippen LogP contribution in [0, 0.1) is 6.92 Å². The Balaban J connectivity index is 2.22. The van der Waals surface area contributed by atoms with Crippen LogP contribution in [0.15, 0.2) is 40.9 Å². The molecule has 0 saturated heterocycles. The molecule has 0 bridgehead atoms. The Morgan fingerprint density at radius 1 is 1.17 bits per heavy atom. The quantitative estimate of drug-likeness (QED) is 0.702. The third-order valence-electron chi connectivity index (χ3n) is 2.73. The van der Waals surface area contributed by atoms with Gasteiger partial charge < -0.3 is 5.11 Å². The Hall–Kier alpha value is -1.39. The zero-order valence-corrected chi connectivity index (χ0v) is 12.0. The van der Waals surface area contributed by atoms with E-state index in [2.05, 4.69) is 33.9 Å². The van der Waals surface area contributed by atoms with Crippen LogP contribution in [-0.2, 0) is 0 Å². The number of halogens is 1. The van der Waals surface area contributed by atoms with Crippen LogP contribution < -0.4 is 0 Å². The van der Waals surface area contributed by atoms with Crippen LogP contribution in [-0.4, -0.2) is 10.1 Å². The molecule has 0 spiro atoms. The summed E-state index contributed by atoms with van der Waals surface area (Å²) < 4.78 is 2.08. The second-order valence-electron chi connectivity index (χ2n) is 4.15. The Bertz CT molecular complexity index is 736. The second kappa shape index (κ2) is 4.37. The van der Waals surface area contributed by atoms with Crippen LogP contribution in [0.3, 0.4) is 0 Å². The summed E-state index contributed by atoms with van der Waals surface area (Å²) >= 11 is 5.01. The minimum Gasteiger partial charge on any atom is -0.507 e. The summed E-state index contributed by atoms with van der Waals surface area (Å²) in [4.78, 5) is 4.56. The highest BCUT2D eigenvalue weighted by Gasteiger charge is 2.10. The third kappa shape index (κ3) is 2.02. The topological polar surface area (TPSA) is 33.1 Å². The predicted octanol–water partition coefficient (Wildman–Crippen LogP) is 4.74. The van der Waals surface area contributed by atoms with Gasteiger partial charge in [0.1, 0.15) is 10.8 Å². The SMILES string of the molecule is Cc1ccc2nc(-c3cc(Br)ccc3O)sc2c1. The molecule has 0 unspecified atom stereocenters. The third-order valence-corrected chi connectivity index (χ3v) is 4.28. The summed E-state index contributed by atoms with van der Waals surface area (Å²) in [6.45, 7) is 2.06. The van der Waals surface area contributed by atoms with Gasteiger partial charge in [0.15, 0.2) is 0 Å². The van der Waals surface area contributed by atoms with Crippen molar-refractivity contribution < 1.29 is 5.11 Å². The maximum absolute atomic E-state index is 9.91. The molecular formula is C14H10BrNOS. The van der Waals surface area contributed by atoms with Crippen molar-refractivity contribution in [2.75, 3.05) is 0 Å². The number of hydrogen-bond acceptors (Lipinski definition) is 3. The van der Waals surface area contributed by atoms with E-state index < -0.39 is 0 Å². The van der Waals surface area contributed by atoms with Crippen molar-refractivity contribution in [1.82, 2.24) is 4.98 Å². The molecule has 0 radical (unpaired) electrons. The lowest BCUT2D eigenvalue weighted by Crippen LogP contribution is -1.78. The maximum Gasteiger partial charge on any atom is 0.128 e. The van der Waals surface area contributed by atoms with Gasteiger partial charge in [0, 0.05) is 4.47 Å². The minimum atomic E-state index is 0.258. The largest absolute Gasteiger partial charge is 0.507 e. The average molecular weight is 320 g/mol. The zero-order valence-electron chi connectivity index (χ0n) is 9.64. The average Bonchev–Trinajstić information content (AvgIpc) is 2.74. The van der Waals surface area contributed by atoms with Gasteiger partial charge in [-0.05, 0) is 42.8 Å². The first-order chi connectivity index (χ1) is 8.63. The van der Waals surface area contributed by atoms with Gasteiger partial charge in [-0.25, -0.2) is 4.98 Å². The van der Waals surface area contributed by atoms with Crippen molar-refractivity contribution in [3.05, 3.63) is 46.4 Å². The monoisotopic (exact) mass is 319 g/mol. The van der Waals surface area contributed by atoms with Crippen molar-refractivity contribution in [3.63, 3.8) is 0 Å². The minimum absolute atomic E-state index is 0.258. The van der Waals surface area contributed by atoms with Crippen LogP contribution >= 0.6 is 27.3 Å². The van der Waals surface area contributed by atoms with E-state index in [1.807, 2.05) is 24.3 Å². The van der Waals surface area contributed by atoms with E-state index in [4.69, 9.17) is 0 Å². The lowest BCUT2D eigenvalue weighted by Gasteiger charge is -2.00. The number of phenolic OH excluding ortho intramolecular Hbond substituents is 1. The summed E-state index contributed by atoms with van der Waals surface area (Å²) in [7, 11) is 0. The lowest BCUT2D eigenvalue weighted by molar-refractivity contribution is 0.477. The molecule has 4 heteroatoms. The fourth-order valence-corrected chi connectivity index (χ4v) is 3.28. The number of thiazole rings is 1. The van der Waals surface area contributed by atoms with Crippen LogP contribution in [0.25, 0.3) is 20.8 Å². The molecule has 0 fully saturated rings. The van der Waals surface area contributed by atoms with E-state index in [0.717, 1.165) is 25.3 Å². The highest BCUT2D eigenvalue weighted by Crippen LogP contribution is 2.36. The van der Waals surface area contributed by atoms with Crippen LogP contribution in [0.5, 0.6) is 5.75 Å². The van der Waals surface area contributed by atoms with E-state index in [0.29, 0.717) is 0 Å². The fourth-order valence-electron chi connectivity index (χ4n) is 1.83. The van der Waals surface area contributed by atoms with E-state index in [1.54, 1.807) is 17.4 Å². The molecular weight excluding hydrogens is 310 g/mol. The van der Waals surface area contributed by atoms with Gasteiger partial charge in [-0.1, -0.05) is 22.0 Å². The normalized spacial score (nSPS) is 11.0. The van der Waals surface area contributed by atoms with E-state index >= 15 is 0 Å². The molecule has 2 nitrogen and oxygen atoms in total. The zero-order chi connectivity index (χ0) is 12.7. The fraction of sp³-hybridized carbons (Fsp3) is 0.0714. The number of hydrogen-bond donors (Lipinski definition) is 1. The molecule has 0 saturated carbocycles. The van der Waals surface area contributed by atoms with Gasteiger partial charge in [-0.15, -0.1) is 11.3 Å². The number of aromatic hydroxyl groups is 1. The van der Waals surface area contributed by atoms with Gasteiger partial charge in [-0.2, -0.15) is 0 Å². The van der Waals surface area contributed by atoms with Crippen molar-refractivity contribution in [2.45, 2.75) is 6.92 Å². The van der Waals surface area contributed by atoms with E-state index in [9.17, 15) is 5.11 Å². The molecule has 3 rings (SSSR count). The summed E-state index contributed by atoms with van der Waals surface area (Å²) in [6, 6.07) is 11.6. The number of nitrogens with zero attached hydrogens (tertiary/aromatic N) is 1. The van der Waals surface area contributed by atoms with E-state index in [1.165, 1.54) is 5.56 Å². The van der Waals surface area contributed by atoms with Gasteiger partial charge in [0.2, 0.25) is 0 Å². The second-order valence-corrected chi connectivity index (χ2v) is 6.10. The molecule has 0 aliphatic rings. The highest BCUT2D eigenvalue weighted by atomic mass is 79.9. The molecule has 0 atom stereocenters.